The van der Waals surface area contributed by atoms with Crippen molar-refractivity contribution in [1.29, 1.82) is 0 Å². The highest BCUT2D eigenvalue weighted by molar-refractivity contribution is 5.73. The van der Waals surface area contributed by atoms with E-state index in [0.717, 1.165) is 34.8 Å². The molecule has 2 aliphatic rings. The predicted octanol–water partition coefficient (Wildman–Crippen LogP) is 2.59. The molecule has 0 saturated heterocycles. The third-order valence-corrected chi connectivity index (χ3v) is 6.73. The van der Waals surface area contributed by atoms with E-state index in [4.69, 9.17) is 4.98 Å². The molecule has 0 aliphatic heterocycles. The number of rotatable bonds is 3. The van der Waals surface area contributed by atoms with E-state index >= 15 is 0 Å². The lowest BCUT2D eigenvalue weighted by atomic mass is 9.95. The minimum Gasteiger partial charge on any atom is -0.323 e. The summed E-state index contributed by atoms with van der Waals surface area (Å²) >= 11 is 0. The van der Waals surface area contributed by atoms with Crippen molar-refractivity contribution in [2.24, 2.45) is 18.9 Å². The van der Waals surface area contributed by atoms with E-state index in [2.05, 4.69) is 20.4 Å². The molecule has 4 aromatic rings. The van der Waals surface area contributed by atoms with Gasteiger partial charge in [-0.05, 0) is 49.7 Å². The number of hydrogen-bond acceptors (Lipinski definition) is 6. The maximum atomic E-state index is 13.0. The molecule has 0 spiro atoms. The van der Waals surface area contributed by atoms with Crippen LogP contribution < -0.4 is 11.0 Å². The predicted molar refractivity (Wildman–Crippen MR) is 108 cm³/mol. The number of nitrogens with zero attached hydrogens (tertiary/aromatic N) is 7. The lowest BCUT2D eigenvalue weighted by Gasteiger charge is -2.22. The van der Waals surface area contributed by atoms with Crippen LogP contribution in [0.5, 0.6) is 0 Å². The number of anilines is 2. The number of fused-ring (bicyclic) bond motifs is 4. The number of nitrogens with one attached hydrogen (secondary N) is 1. The van der Waals surface area contributed by atoms with Gasteiger partial charge in [0.1, 0.15) is 11.8 Å². The van der Waals surface area contributed by atoms with Crippen molar-refractivity contribution in [3.63, 3.8) is 0 Å². The molecule has 0 radical (unpaired) electrons. The molecule has 1 N–H and O–H groups in total. The summed E-state index contributed by atoms with van der Waals surface area (Å²) in [6, 6.07) is 2.21. The highest BCUT2D eigenvalue weighted by atomic mass is 16.1. The van der Waals surface area contributed by atoms with E-state index in [9.17, 15) is 4.79 Å². The van der Waals surface area contributed by atoms with Gasteiger partial charge in [-0.2, -0.15) is 10.1 Å². The van der Waals surface area contributed by atoms with E-state index in [-0.39, 0.29) is 11.7 Å². The first-order valence-corrected chi connectivity index (χ1v) is 10.1. The van der Waals surface area contributed by atoms with Crippen molar-refractivity contribution in [2.45, 2.75) is 38.6 Å². The molecule has 2 aliphatic carbocycles. The van der Waals surface area contributed by atoms with Crippen molar-refractivity contribution in [3.05, 3.63) is 40.8 Å². The molecule has 3 unspecified atom stereocenters. The van der Waals surface area contributed by atoms with Gasteiger partial charge in [-0.3, -0.25) is 9.13 Å². The van der Waals surface area contributed by atoms with Crippen LogP contribution in [0.2, 0.25) is 0 Å². The summed E-state index contributed by atoms with van der Waals surface area (Å²) in [5.41, 5.74) is 4.15. The van der Waals surface area contributed by atoms with Gasteiger partial charge in [-0.15, -0.1) is 0 Å². The van der Waals surface area contributed by atoms with E-state index < -0.39 is 0 Å². The van der Waals surface area contributed by atoms with Gasteiger partial charge in [-0.1, -0.05) is 6.42 Å². The Morgan fingerprint density at radius 1 is 1.21 bits per heavy atom. The third-order valence-electron chi connectivity index (χ3n) is 6.73. The molecular formula is C20H22N8O. The second-order valence-corrected chi connectivity index (χ2v) is 8.41. The van der Waals surface area contributed by atoms with Crippen molar-refractivity contribution < 1.29 is 0 Å². The van der Waals surface area contributed by atoms with E-state index in [1.807, 2.05) is 23.8 Å². The van der Waals surface area contributed by atoms with Crippen molar-refractivity contribution in [1.82, 2.24) is 33.7 Å². The van der Waals surface area contributed by atoms with Crippen LogP contribution in [0.3, 0.4) is 0 Å². The van der Waals surface area contributed by atoms with Crippen molar-refractivity contribution >= 4 is 28.4 Å². The van der Waals surface area contributed by atoms with Crippen LogP contribution in [0.1, 0.15) is 37.3 Å². The fourth-order valence-corrected chi connectivity index (χ4v) is 5.23. The number of imidazole rings is 1. The largest absolute Gasteiger partial charge is 0.330 e. The average molecular weight is 390 g/mol. The summed E-state index contributed by atoms with van der Waals surface area (Å²) in [6.07, 6.45) is 9.97. The minimum atomic E-state index is 0.00390. The van der Waals surface area contributed by atoms with Gasteiger partial charge >= 0.3 is 5.69 Å². The molecule has 9 nitrogen and oxygen atoms in total. The standard InChI is InChI=1S/C20H22N8O/c1-11-5-17-22-10-23-27(17)9-14(11)24-19-21-8-16-18(25-19)28(20(29)26(16)2)15-7-12-3-4-13(15)6-12/h5,8-10,12-13,15H,3-4,6-7H2,1-2H3,(H,21,24,25). The quantitative estimate of drug-likeness (QED) is 0.578. The van der Waals surface area contributed by atoms with Crippen LogP contribution in [0, 0.1) is 18.8 Å². The molecule has 29 heavy (non-hydrogen) atoms. The molecule has 6 rings (SSSR count). The van der Waals surface area contributed by atoms with Crippen LogP contribution in [0.25, 0.3) is 16.8 Å². The average Bonchev–Trinajstić information content (AvgIpc) is 3.48. The number of hydrogen-bond donors (Lipinski definition) is 1. The molecule has 148 valence electrons. The zero-order chi connectivity index (χ0) is 19.7. The highest BCUT2D eigenvalue weighted by Crippen LogP contribution is 2.50. The smallest absolute Gasteiger partial charge is 0.323 e. The Morgan fingerprint density at radius 2 is 2.10 bits per heavy atom. The van der Waals surface area contributed by atoms with Crippen LogP contribution in [-0.4, -0.2) is 33.7 Å². The second kappa shape index (κ2) is 5.88. The summed E-state index contributed by atoms with van der Waals surface area (Å²) < 4.78 is 5.29. The summed E-state index contributed by atoms with van der Waals surface area (Å²) in [5, 5.41) is 7.48. The van der Waals surface area contributed by atoms with Gasteiger partial charge in [0, 0.05) is 13.1 Å². The minimum absolute atomic E-state index is 0.00390. The molecule has 9 heteroatoms. The van der Waals surface area contributed by atoms with Gasteiger partial charge in [0.15, 0.2) is 11.3 Å². The Bertz CT molecular complexity index is 1320. The van der Waals surface area contributed by atoms with Crippen molar-refractivity contribution in [3.8, 4) is 0 Å². The summed E-state index contributed by atoms with van der Waals surface area (Å²) in [7, 11) is 1.80. The van der Waals surface area contributed by atoms with Gasteiger partial charge in [0.05, 0.1) is 18.1 Å². The van der Waals surface area contributed by atoms with Crippen LogP contribution in [0.4, 0.5) is 11.6 Å². The topological polar surface area (TPSA) is 94.9 Å². The first-order valence-electron chi connectivity index (χ1n) is 10.1. The van der Waals surface area contributed by atoms with Gasteiger partial charge in [-0.25, -0.2) is 19.3 Å². The monoisotopic (exact) mass is 390 g/mol. The van der Waals surface area contributed by atoms with Gasteiger partial charge in [0.25, 0.3) is 0 Å². The molecule has 4 heterocycles. The summed E-state index contributed by atoms with van der Waals surface area (Å²) in [4.78, 5) is 26.4. The van der Waals surface area contributed by atoms with E-state index in [1.165, 1.54) is 25.6 Å². The summed E-state index contributed by atoms with van der Waals surface area (Å²) in [5.74, 6) is 1.82. The van der Waals surface area contributed by atoms with Crippen LogP contribution >= 0.6 is 0 Å². The molecule has 0 amide bonds. The van der Waals surface area contributed by atoms with Gasteiger partial charge < -0.3 is 5.32 Å². The third kappa shape index (κ3) is 2.43. The fourth-order valence-electron chi connectivity index (χ4n) is 5.23. The fraction of sp³-hybridized carbons (Fsp3) is 0.450. The van der Waals surface area contributed by atoms with Crippen LogP contribution in [0.15, 0.2) is 29.6 Å². The van der Waals surface area contributed by atoms with Crippen molar-refractivity contribution in [2.75, 3.05) is 5.32 Å². The lowest BCUT2D eigenvalue weighted by molar-refractivity contribution is 0.327. The maximum absolute atomic E-state index is 13.0. The molecule has 2 bridgehead atoms. The molecule has 2 fully saturated rings. The number of aromatic nitrogens is 7. The van der Waals surface area contributed by atoms with E-state index in [0.29, 0.717) is 17.5 Å². The SMILES string of the molecule is Cc1cc2ncnn2cc1Nc1ncc2c(n1)n(C1CC3CCC1C3)c(=O)n2C. The Labute approximate surface area is 166 Å². The molecule has 0 aromatic carbocycles. The Balaban J connectivity index is 1.44. The first kappa shape index (κ1) is 16.7. The molecule has 3 atom stereocenters. The zero-order valence-electron chi connectivity index (χ0n) is 16.4. The lowest BCUT2D eigenvalue weighted by Crippen LogP contribution is -2.29. The van der Waals surface area contributed by atoms with E-state index in [1.54, 1.807) is 22.3 Å². The number of pyridine rings is 1. The first-order chi connectivity index (χ1) is 14.1. The Morgan fingerprint density at radius 3 is 2.90 bits per heavy atom. The normalized spacial score (nSPS) is 23.4. The maximum Gasteiger partial charge on any atom is 0.330 e. The van der Waals surface area contributed by atoms with Gasteiger partial charge in [0.2, 0.25) is 5.95 Å². The molecular weight excluding hydrogens is 368 g/mol. The molecule has 2 saturated carbocycles. The zero-order valence-corrected chi connectivity index (χ0v) is 16.4. The Hall–Kier alpha value is -3.23. The molecule has 4 aromatic heterocycles. The summed E-state index contributed by atoms with van der Waals surface area (Å²) in [6.45, 7) is 2.00. The highest BCUT2D eigenvalue weighted by Gasteiger charge is 2.42. The Kier molecular flexibility index (Phi) is 3.39. The number of aryl methyl sites for hydroxylation is 2. The van der Waals surface area contributed by atoms with Crippen LogP contribution in [-0.2, 0) is 7.05 Å². The second-order valence-electron chi connectivity index (χ2n) is 8.41.